The fraction of sp³-hybridized carbons (Fsp3) is 0.188. The van der Waals surface area contributed by atoms with E-state index in [1.165, 1.54) is 0 Å². The van der Waals surface area contributed by atoms with Gasteiger partial charge in [-0.15, -0.1) is 0 Å². The topological polar surface area (TPSA) is 75.3 Å². The summed E-state index contributed by atoms with van der Waals surface area (Å²) >= 11 is 0. The predicted octanol–water partition coefficient (Wildman–Crippen LogP) is 3.14. The monoisotopic (exact) mass is 318 g/mol. The molecule has 5 nitrogen and oxygen atoms in total. The maximum absolute atomic E-state index is 12.2. The van der Waals surface area contributed by atoms with Crippen molar-refractivity contribution in [3.05, 3.63) is 54.1 Å². The summed E-state index contributed by atoms with van der Waals surface area (Å²) in [6.45, 7) is 3.66. The van der Waals surface area contributed by atoms with Crippen LogP contribution in [0.4, 0.5) is 11.4 Å². The molecule has 0 bridgehead atoms. The molecule has 22 heavy (non-hydrogen) atoms. The lowest BCUT2D eigenvalue weighted by molar-refractivity contribution is -0.115. The fourth-order valence-corrected chi connectivity index (χ4v) is 2.86. The second kappa shape index (κ2) is 6.62. The van der Waals surface area contributed by atoms with Crippen LogP contribution in [0.2, 0.25) is 0 Å². The van der Waals surface area contributed by atoms with Crippen LogP contribution >= 0.6 is 0 Å². The molecule has 0 fully saturated rings. The van der Waals surface area contributed by atoms with E-state index in [1.54, 1.807) is 55.5 Å². The van der Waals surface area contributed by atoms with Crippen LogP contribution in [0.25, 0.3) is 0 Å². The van der Waals surface area contributed by atoms with Gasteiger partial charge in [-0.05, 0) is 43.3 Å². The van der Waals surface area contributed by atoms with Gasteiger partial charge in [0.05, 0.1) is 4.90 Å². The van der Waals surface area contributed by atoms with E-state index in [-0.39, 0.29) is 10.8 Å². The average Bonchev–Trinajstić information content (AvgIpc) is 2.49. The van der Waals surface area contributed by atoms with Gasteiger partial charge in [-0.3, -0.25) is 9.52 Å². The van der Waals surface area contributed by atoms with Crippen LogP contribution in [0, 0.1) is 6.92 Å². The molecule has 2 aromatic carbocycles. The first-order valence-corrected chi connectivity index (χ1v) is 8.38. The van der Waals surface area contributed by atoms with Crippen molar-refractivity contribution in [1.29, 1.82) is 0 Å². The highest BCUT2D eigenvalue weighted by Gasteiger charge is 2.13. The molecule has 0 atom stereocenters. The SMILES string of the molecule is CCC(=O)Nc1ccc(NS(=O)(=O)c2ccc(C)cc2)cc1. The Morgan fingerprint density at radius 1 is 0.955 bits per heavy atom. The lowest BCUT2D eigenvalue weighted by Crippen LogP contribution is -2.13. The quantitative estimate of drug-likeness (QED) is 0.889. The zero-order chi connectivity index (χ0) is 16.2. The number of carbonyl (C=O) groups excluding carboxylic acids is 1. The van der Waals surface area contributed by atoms with Crippen molar-refractivity contribution in [3.8, 4) is 0 Å². The Balaban J connectivity index is 2.13. The van der Waals surface area contributed by atoms with Crippen LogP contribution in [-0.2, 0) is 14.8 Å². The Hall–Kier alpha value is -2.34. The van der Waals surface area contributed by atoms with E-state index in [9.17, 15) is 13.2 Å². The van der Waals surface area contributed by atoms with E-state index in [2.05, 4.69) is 10.0 Å². The molecule has 0 radical (unpaired) electrons. The summed E-state index contributed by atoms with van der Waals surface area (Å²) in [7, 11) is -3.61. The molecule has 0 aromatic heterocycles. The third-order valence-electron chi connectivity index (χ3n) is 3.07. The third-order valence-corrected chi connectivity index (χ3v) is 4.47. The highest BCUT2D eigenvalue weighted by molar-refractivity contribution is 7.92. The first-order valence-electron chi connectivity index (χ1n) is 6.90. The molecule has 2 N–H and O–H groups in total. The Bertz CT molecular complexity index is 751. The summed E-state index contributed by atoms with van der Waals surface area (Å²) in [5.41, 5.74) is 2.06. The molecular weight excluding hydrogens is 300 g/mol. The Labute approximate surface area is 130 Å². The third kappa shape index (κ3) is 4.08. The minimum atomic E-state index is -3.61. The highest BCUT2D eigenvalue weighted by atomic mass is 32.2. The first kappa shape index (κ1) is 16.0. The molecule has 116 valence electrons. The van der Waals surface area contributed by atoms with Crippen LogP contribution in [0.1, 0.15) is 18.9 Å². The number of sulfonamides is 1. The van der Waals surface area contributed by atoms with E-state index < -0.39 is 10.0 Å². The zero-order valence-electron chi connectivity index (χ0n) is 12.5. The minimum absolute atomic E-state index is 0.0898. The summed E-state index contributed by atoms with van der Waals surface area (Å²) in [4.78, 5) is 11.5. The van der Waals surface area contributed by atoms with Gasteiger partial charge < -0.3 is 5.32 Å². The number of aryl methyl sites for hydroxylation is 1. The van der Waals surface area contributed by atoms with E-state index in [0.717, 1.165) is 5.56 Å². The summed E-state index contributed by atoms with van der Waals surface area (Å²) < 4.78 is 27.0. The largest absolute Gasteiger partial charge is 0.326 e. The van der Waals surface area contributed by atoms with E-state index in [4.69, 9.17) is 0 Å². The maximum atomic E-state index is 12.2. The van der Waals surface area contributed by atoms with Crippen LogP contribution in [0.15, 0.2) is 53.4 Å². The summed E-state index contributed by atoms with van der Waals surface area (Å²) in [6, 6.07) is 13.1. The molecule has 0 saturated heterocycles. The molecule has 0 unspecified atom stereocenters. The zero-order valence-corrected chi connectivity index (χ0v) is 13.3. The smallest absolute Gasteiger partial charge is 0.261 e. The Morgan fingerprint density at radius 3 is 2.05 bits per heavy atom. The van der Waals surface area contributed by atoms with Crippen molar-refractivity contribution in [2.75, 3.05) is 10.0 Å². The van der Waals surface area contributed by atoms with Crippen LogP contribution < -0.4 is 10.0 Å². The van der Waals surface area contributed by atoms with E-state index >= 15 is 0 Å². The highest BCUT2D eigenvalue weighted by Crippen LogP contribution is 2.18. The van der Waals surface area contributed by atoms with Gasteiger partial charge in [0.15, 0.2) is 0 Å². The number of anilines is 2. The van der Waals surface area contributed by atoms with E-state index in [1.807, 2.05) is 6.92 Å². The number of nitrogens with one attached hydrogen (secondary N) is 2. The van der Waals surface area contributed by atoms with Crippen LogP contribution in [0.5, 0.6) is 0 Å². The summed E-state index contributed by atoms with van der Waals surface area (Å²) in [6.07, 6.45) is 0.391. The van der Waals surface area contributed by atoms with Crippen molar-refractivity contribution in [2.24, 2.45) is 0 Å². The van der Waals surface area contributed by atoms with Gasteiger partial charge in [-0.1, -0.05) is 24.6 Å². The molecule has 0 aliphatic rings. The van der Waals surface area contributed by atoms with Crippen molar-refractivity contribution in [3.63, 3.8) is 0 Å². The first-order chi connectivity index (χ1) is 10.4. The van der Waals surface area contributed by atoms with Gasteiger partial charge >= 0.3 is 0 Å². The normalized spacial score (nSPS) is 11.0. The minimum Gasteiger partial charge on any atom is -0.326 e. The Kier molecular flexibility index (Phi) is 4.82. The number of rotatable bonds is 5. The summed E-state index contributed by atoms with van der Waals surface area (Å²) in [5, 5.41) is 2.70. The second-order valence-electron chi connectivity index (χ2n) is 4.90. The lowest BCUT2D eigenvalue weighted by atomic mass is 10.2. The van der Waals surface area contributed by atoms with Crippen molar-refractivity contribution >= 4 is 27.3 Å². The molecule has 0 spiro atoms. The maximum Gasteiger partial charge on any atom is 0.261 e. The van der Waals surface area contributed by atoms with Gasteiger partial charge in [-0.25, -0.2) is 8.42 Å². The van der Waals surface area contributed by atoms with E-state index in [0.29, 0.717) is 17.8 Å². The molecule has 0 aliphatic carbocycles. The van der Waals surface area contributed by atoms with Gasteiger partial charge in [0.25, 0.3) is 10.0 Å². The average molecular weight is 318 g/mol. The molecule has 2 aromatic rings. The molecule has 2 rings (SSSR count). The molecule has 0 heterocycles. The Morgan fingerprint density at radius 2 is 1.50 bits per heavy atom. The van der Waals surface area contributed by atoms with Crippen LogP contribution in [-0.4, -0.2) is 14.3 Å². The number of hydrogen-bond acceptors (Lipinski definition) is 3. The van der Waals surface area contributed by atoms with Crippen molar-refractivity contribution in [1.82, 2.24) is 0 Å². The number of carbonyl (C=O) groups is 1. The molecule has 1 amide bonds. The molecule has 0 saturated carbocycles. The van der Waals surface area contributed by atoms with Crippen molar-refractivity contribution < 1.29 is 13.2 Å². The van der Waals surface area contributed by atoms with Crippen molar-refractivity contribution in [2.45, 2.75) is 25.2 Å². The van der Waals surface area contributed by atoms with Gasteiger partial charge in [-0.2, -0.15) is 0 Å². The van der Waals surface area contributed by atoms with Gasteiger partial charge in [0.2, 0.25) is 5.91 Å². The number of amides is 1. The standard InChI is InChI=1S/C16H18N2O3S/c1-3-16(19)17-13-6-8-14(9-7-13)18-22(20,21)15-10-4-12(2)5-11-15/h4-11,18H,3H2,1-2H3,(H,17,19). The number of hydrogen-bond donors (Lipinski definition) is 2. The lowest BCUT2D eigenvalue weighted by Gasteiger charge is -2.09. The number of benzene rings is 2. The van der Waals surface area contributed by atoms with Gasteiger partial charge in [0, 0.05) is 17.8 Å². The predicted molar refractivity (Wildman–Crippen MR) is 87.4 cm³/mol. The molecule has 6 heteroatoms. The van der Waals surface area contributed by atoms with Crippen LogP contribution in [0.3, 0.4) is 0 Å². The van der Waals surface area contributed by atoms with Gasteiger partial charge in [0.1, 0.15) is 0 Å². The molecular formula is C16H18N2O3S. The summed E-state index contributed by atoms with van der Waals surface area (Å²) in [5.74, 6) is -0.0898. The fourth-order valence-electron chi connectivity index (χ4n) is 1.80. The molecule has 0 aliphatic heterocycles. The second-order valence-corrected chi connectivity index (χ2v) is 6.58.